The summed E-state index contributed by atoms with van der Waals surface area (Å²) >= 11 is 0. The second-order valence-corrected chi connectivity index (χ2v) is 6.40. The average Bonchev–Trinajstić information content (AvgIpc) is 3.18. The minimum Gasteiger partial charge on any atom is -0.480 e. The van der Waals surface area contributed by atoms with Gasteiger partial charge in [0.15, 0.2) is 17.6 Å². The molecule has 0 aromatic heterocycles. The van der Waals surface area contributed by atoms with Crippen molar-refractivity contribution in [3.05, 3.63) is 66.2 Å². The van der Waals surface area contributed by atoms with Crippen molar-refractivity contribution in [2.24, 2.45) is 0 Å². The van der Waals surface area contributed by atoms with Crippen LogP contribution in [0.25, 0.3) is 10.8 Å². The van der Waals surface area contributed by atoms with Gasteiger partial charge in [-0.2, -0.15) is 0 Å². The monoisotopic (exact) mass is 363 g/mol. The van der Waals surface area contributed by atoms with Crippen molar-refractivity contribution in [1.82, 2.24) is 5.32 Å². The number of fused-ring (bicyclic) bond motifs is 2. The number of carbonyl (C=O) groups is 1. The molecule has 1 aliphatic rings. The molecule has 1 heterocycles. The maximum absolute atomic E-state index is 12.6. The van der Waals surface area contributed by atoms with Gasteiger partial charge in [-0.1, -0.05) is 49.4 Å². The summed E-state index contributed by atoms with van der Waals surface area (Å²) in [5.41, 5.74) is 0.951. The first-order valence-electron chi connectivity index (χ1n) is 9.05. The van der Waals surface area contributed by atoms with E-state index in [9.17, 15) is 4.79 Å². The zero-order valence-electron chi connectivity index (χ0n) is 15.1. The van der Waals surface area contributed by atoms with Crippen LogP contribution in [0.4, 0.5) is 0 Å². The Labute approximate surface area is 157 Å². The number of ether oxygens (including phenoxy) is 3. The summed E-state index contributed by atoms with van der Waals surface area (Å²) in [5.74, 6) is 2.03. The highest BCUT2D eigenvalue weighted by molar-refractivity contribution is 5.89. The molecule has 3 aromatic rings. The third-order valence-corrected chi connectivity index (χ3v) is 4.59. The number of carbonyl (C=O) groups excluding carboxylic acids is 1. The van der Waals surface area contributed by atoms with Crippen LogP contribution in [-0.4, -0.2) is 18.8 Å². The number of nitrogens with one attached hydrogen (secondary N) is 1. The molecule has 138 valence electrons. The highest BCUT2D eigenvalue weighted by Crippen LogP contribution is 2.32. The number of benzene rings is 3. The highest BCUT2D eigenvalue weighted by atomic mass is 16.7. The fourth-order valence-corrected chi connectivity index (χ4v) is 3.13. The van der Waals surface area contributed by atoms with Gasteiger partial charge < -0.3 is 19.5 Å². The minimum absolute atomic E-state index is 0.136. The third kappa shape index (κ3) is 3.67. The predicted octanol–water partition coefficient (Wildman–Crippen LogP) is 4.04. The lowest BCUT2D eigenvalue weighted by molar-refractivity contribution is -0.128. The van der Waals surface area contributed by atoms with Gasteiger partial charge in [-0.15, -0.1) is 0 Å². The zero-order valence-corrected chi connectivity index (χ0v) is 15.1. The van der Waals surface area contributed by atoms with Gasteiger partial charge >= 0.3 is 0 Å². The molecule has 5 heteroatoms. The molecule has 0 saturated carbocycles. The van der Waals surface area contributed by atoms with Crippen molar-refractivity contribution in [2.45, 2.75) is 26.0 Å². The molecule has 1 aliphatic heterocycles. The van der Waals surface area contributed by atoms with Gasteiger partial charge in [0, 0.05) is 11.9 Å². The molecular formula is C22H21NO4. The van der Waals surface area contributed by atoms with E-state index in [2.05, 4.69) is 5.32 Å². The summed E-state index contributed by atoms with van der Waals surface area (Å²) in [6, 6.07) is 19.5. The Balaban J connectivity index is 1.43. The molecule has 1 atom stereocenters. The average molecular weight is 363 g/mol. The van der Waals surface area contributed by atoms with Crippen molar-refractivity contribution < 1.29 is 19.0 Å². The molecule has 3 aromatic carbocycles. The van der Waals surface area contributed by atoms with Crippen molar-refractivity contribution in [2.75, 3.05) is 6.79 Å². The third-order valence-electron chi connectivity index (χ3n) is 4.59. The van der Waals surface area contributed by atoms with Gasteiger partial charge in [-0.25, -0.2) is 0 Å². The molecule has 0 spiro atoms. The molecule has 27 heavy (non-hydrogen) atoms. The Morgan fingerprint density at radius 1 is 1.07 bits per heavy atom. The Bertz CT molecular complexity index is 964. The maximum atomic E-state index is 12.6. The van der Waals surface area contributed by atoms with E-state index in [0.717, 1.165) is 27.8 Å². The van der Waals surface area contributed by atoms with E-state index in [4.69, 9.17) is 14.2 Å². The van der Waals surface area contributed by atoms with Crippen LogP contribution in [0.2, 0.25) is 0 Å². The van der Waals surface area contributed by atoms with E-state index in [1.807, 2.05) is 67.6 Å². The summed E-state index contributed by atoms with van der Waals surface area (Å²) in [7, 11) is 0. The quantitative estimate of drug-likeness (QED) is 0.718. The summed E-state index contributed by atoms with van der Waals surface area (Å²) < 4.78 is 16.7. The van der Waals surface area contributed by atoms with Crippen molar-refractivity contribution in [3.63, 3.8) is 0 Å². The molecule has 0 bridgehead atoms. The summed E-state index contributed by atoms with van der Waals surface area (Å²) in [6.07, 6.45) is 0.0285. The van der Waals surface area contributed by atoms with E-state index in [0.29, 0.717) is 18.7 Å². The van der Waals surface area contributed by atoms with Gasteiger partial charge in [-0.3, -0.25) is 4.79 Å². The lowest BCUT2D eigenvalue weighted by Crippen LogP contribution is -2.37. The SMILES string of the molecule is CC[C@H](Oc1cccc2ccccc12)C(=O)NCc1ccc2c(c1)OCO2. The summed E-state index contributed by atoms with van der Waals surface area (Å²) in [5, 5.41) is 5.04. The molecule has 0 unspecified atom stereocenters. The van der Waals surface area contributed by atoms with Crippen LogP contribution >= 0.6 is 0 Å². The lowest BCUT2D eigenvalue weighted by Gasteiger charge is -2.18. The Hall–Kier alpha value is -3.21. The second-order valence-electron chi connectivity index (χ2n) is 6.40. The van der Waals surface area contributed by atoms with E-state index in [-0.39, 0.29) is 12.7 Å². The Kier molecular flexibility index (Phi) is 4.83. The van der Waals surface area contributed by atoms with Crippen LogP contribution in [-0.2, 0) is 11.3 Å². The van der Waals surface area contributed by atoms with E-state index in [1.165, 1.54) is 0 Å². The topological polar surface area (TPSA) is 56.8 Å². The first-order chi connectivity index (χ1) is 13.2. The van der Waals surface area contributed by atoms with Crippen LogP contribution in [0.15, 0.2) is 60.7 Å². The number of hydrogen-bond donors (Lipinski definition) is 1. The van der Waals surface area contributed by atoms with Crippen LogP contribution in [0, 0.1) is 0 Å². The van der Waals surface area contributed by atoms with Gasteiger partial charge in [0.1, 0.15) is 5.75 Å². The first kappa shape index (κ1) is 17.2. The molecule has 0 saturated heterocycles. The fourth-order valence-electron chi connectivity index (χ4n) is 3.13. The normalized spacial score (nSPS) is 13.4. The Morgan fingerprint density at radius 3 is 2.78 bits per heavy atom. The van der Waals surface area contributed by atoms with E-state index in [1.54, 1.807) is 0 Å². The molecular weight excluding hydrogens is 342 g/mol. The molecule has 5 nitrogen and oxygen atoms in total. The Morgan fingerprint density at radius 2 is 1.89 bits per heavy atom. The molecule has 0 fully saturated rings. The minimum atomic E-state index is -0.551. The molecule has 0 aliphatic carbocycles. The van der Waals surface area contributed by atoms with E-state index < -0.39 is 6.10 Å². The zero-order chi connectivity index (χ0) is 18.6. The smallest absolute Gasteiger partial charge is 0.261 e. The van der Waals surface area contributed by atoms with Crippen LogP contribution in [0.5, 0.6) is 17.2 Å². The number of rotatable bonds is 6. The number of hydrogen-bond acceptors (Lipinski definition) is 4. The van der Waals surface area contributed by atoms with Crippen LogP contribution in [0.3, 0.4) is 0 Å². The predicted molar refractivity (Wildman–Crippen MR) is 103 cm³/mol. The molecule has 4 rings (SSSR count). The molecule has 1 amide bonds. The van der Waals surface area contributed by atoms with Crippen molar-refractivity contribution >= 4 is 16.7 Å². The number of amides is 1. The fraction of sp³-hybridized carbons (Fsp3) is 0.227. The van der Waals surface area contributed by atoms with Gasteiger partial charge in [-0.05, 0) is 35.6 Å². The lowest BCUT2D eigenvalue weighted by atomic mass is 10.1. The van der Waals surface area contributed by atoms with Gasteiger partial charge in [0.05, 0.1) is 0 Å². The highest BCUT2D eigenvalue weighted by Gasteiger charge is 2.20. The molecule has 0 radical (unpaired) electrons. The largest absolute Gasteiger partial charge is 0.480 e. The van der Waals surface area contributed by atoms with Crippen molar-refractivity contribution in [3.8, 4) is 17.2 Å². The first-order valence-corrected chi connectivity index (χ1v) is 9.05. The van der Waals surface area contributed by atoms with Crippen LogP contribution in [0.1, 0.15) is 18.9 Å². The maximum Gasteiger partial charge on any atom is 0.261 e. The standard InChI is InChI=1S/C22H21NO4/c1-2-18(27-19-9-5-7-16-6-3-4-8-17(16)19)22(24)23-13-15-10-11-20-21(12-15)26-14-25-20/h3-12,18H,2,13-14H2,1H3,(H,23,24)/t18-/m0/s1. The summed E-state index contributed by atoms with van der Waals surface area (Å²) in [4.78, 5) is 12.6. The van der Waals surface area contributed by atoms with E-state index >= 15 is 0 Å². The molecule has 1 N–H and O–H groups in total. The van der Waals surface area contributed by atoms with Crippen molar-refractivity contribution in [1.29, 1.82) is 0 Å². The van der Waals surface area contributed by atoms with Crippen LogP contribution < -0.4 is 19.5 Å². The van der Waals surface area contributed by atoms with Gasteiger partial charge in [0.2, 0.25) is 6.79 Å². The van der Waals surface area contributed by atoms with Gasteiger partial charge in [0.25, 0.3) is 5.91 Å². The summed E-state index contributed by atoms with van der Waals surface area (Å²) in [6.45, 7) is 2.59. The second kappa shape index (κ2) is 7.58.